The summed E-state index contributed by atoms with van der Waals surface area (Å²) >= 11 is 0. The Labute approximate surface area is 149 Å². The zero-order chi connectivity index (χ0) is 17.6. The highest BCUT2D eigenvalue weighted by molar-refractivity contribution is 5.85. The van der Waals surface area contributed by atoms with E-state index in [0.29, 0.717) is 13.1 Å². The molecule has 1 amide bonds. The van der Waals surface area contributed by atoms with Gasteiger partial charge >= 0.3 is 11.9 Å². The molecule has 0 bridgehead atoms. The molecule has 8 heteroatoms. The van der Waals surface area contributed by atoms with Gasteiger partial charge in [0.15, 0.2) is 0 Å². The van der Waals surface area contributed by atoms with Gasteiger partial charge in [-0.2, -0.15) is 0 Å². The molecule has 0 saturated carbocycles. The maximum atomic E-state index is 11.7. The van der Waals surface area contributed by atoms with E-state index >= 15 is 0 Å². The summed E-state index contributed by atoms with van der Waals surface area (Å²) in [4.78, 5) is 36.3. The molecule has 1 rings (SSSR count). The lowest BCUT2D eigenvalue weighted by molar-refractivity contribution is -0.145. The van der Waals surface area contributed by atoms with E-state index in [4.69, 9.17) is 4.74 Å². The number of carboxylic acids is 1. The van der Waals surface area contributed by atoms with Gasteiger partial charge in [0.25, 0.3) is 0 Å². The summed E-state index contributed by atoms with van der Waals surface area (Å²) in [5, 5.41) is 12.3. The average Bonchev–Trinajstić information content (AvgIpc) is 2.89. The van der Waals surface area contributed by atoms with Crippen LogP contribution in [-0.2, 0) is 19.1 Å². The van der Waals surface area contributed by atoms with Gasteiger partial charge in [0.2, 0.25) is 5.91 Å². The topological polar surface area (TPSA) is 95.9 Å². The molecule has 1 aliphatic rings. The van der Waals surface area contributed by atoms with E-state index in [0.717, 1.165) is 12.8 Å². The van der Waals surface area contributed by atoms with Gasteiger partial charge in [-0.05, 0) is 25.7 Å². The van der Waals surface area contributed by atoms with Crippen molar-refractivity contribution in [2.75, 3.05) is 20.2 Å². The van der Waals surface area contributed by atoms with Crippen LogP contribution in [0.25, 0.3) is 0 Å². The van der Waals surface area contributed by atoms with Crippen LogP contribution >= 0.6 is 12.4 Å². The summed E-state index contributed by atoms with van der Waals surface area (Å²) in [6.45, 7) is 6.40. The van der Waals surface area contributed by atoms with Crippen molar-refractivity contribution in [2.24, 2.45) is 11.8 Å². The lowest BCUT2D eigenvalue weighted by atomic mass is 9.95. The highest BCUT2D eigenvalue weighted by Gasteiger charge is 2.41. The third kappa shape index (κ3) is 6.28. The molecule has 0 aromatic heterocycles. The lowest BCUT2D eigenvalue weighted by Crippen LogP contribution is -2.45. The van der Waals surface area contributed by atoms with Crippen LogP contribution in [0.5, 0.6) is 0 Å². The summed E-state index contributed by atoms with van der Waals surface area (Å²) in [5.41, 5.74) is 0. The SMILES string of the molecule is CCC[C@@H](CN1CC(C(=O)OC)CC1C(=O)O)C(C)NC(C)=O.Cl. The van der Waals surface area contributed by atoms with Crippen molar-refractivity contribution in [2.45, 2.75) is 52.1 Å². The third-order valence-electron chi connectivity index (χ3n) is 4.49. The number of esters is 1. The number of ether oxygens (including phenoxy) is 1. The van der Waals surface area contributed by atoms with Crippen LogP contribution in [0, 0.1) is 11.8 Å². The zero-order valence-electron chi connectivity index (χ0n) is 14.8. The van der Waals surface area contributed by atoms with E-state index in [1.54, 1.807) is 0 Å². The Hall–Kier alpha value is -1.34. The number of amides is 1. The molecule has 0 radical (unpaired) electrons. The Morgan fingerprint density at radius 1 is 1.38 bits per heavy atom. The second kappa shape index (κ2) is 10.5. The Kier molecular flexibility index (Phi) is 9.92. The summed E-state index contributed by atoms with van der Waals surface area (Å²) < 4.78 is 4.75. The van der Waals surface area contributed by atoms with Crippen molar-refractivity contribution in [3.8, 4) is 0 Å². The molecule has 3 unspecified atom stereocenters. The number of nitrogens with one attached hydrogen (secondary N) is 1. The number of carbonyl (C=O) groups excluding carboxylic acids is 2. The number of nitrogens with zero attached hydrogens (tertiary/aromatic N) is 1. The Balaban J connectivity index is 0.00000529. The van der Waals surface area contributed by atoms with Crippen LogP contribution in [0.3, 0.4) is 0 Å². The fourth-order valence-corrected chi connectivity index (χ4v) is 3.31. The zero-order valence-corrected chi connectivity index (χ0v) is 15.6. The molecule has 7 nitrogen and oxygen atoms in total. The molecule has 1 heterocycles. The van der Waals surface area contributed by atoms with Crippen molar-refractivity contribution in [1.29, 1.82) is 0 Å². The number of carbonyl (C=O) groups is 3. The third-order valence-corrected chi connectivity index (χ3v) is 4.49. The Bertz CT molecular complexity index is 446. The van der Waals surface area contributed by atoms with Crippen LogP contribution in [0.1, 0.15) is 40.0 Å². The van der Waals surface area contributed by atoms with Gasteiger partial charge in [-0.15, -0.1) is 12.4 Å². The number of hydrogen-bond acceptors (Lipinski definition) is 5. The molecule has 140 valence electrons. The molecular weight excluding hydrogens is 336 g/mol. The highest BCUT2D eigenvalue weighted by atomic mass is 35.5. The van der Waals surface area contributed by atoms with Crippen LogP contribution < -0.4 is 5.32 Å². The normalized spacial score (nSPS) is 23.0. The van der Waals surface area contributed by atoms with Gasteiger partial charge in [-0.3, -0.25) is 19.3 Å². The molecule has 1 fully saturated rings. The molecular formula is C16H29ClN2O5. The van der Waals surface area contributed by atoms with Crippen LogP contribution in [-0.4, -0.2) is 60.1 Å². The molecule has 4 atom stereocenters. The molecule has 0 aromatic carbocycles. The fraction of sp³-hybridized carbons (Fsp3) is 0.812. The van der Waals surface area contributed by atoms with E-state index in [9.17, 15) is 19.5 Å². The van der Waals surface area contributed by atoms with E-state index in [1.165, 1.54) is 14.0 Å². The van der Waals surface area contributed by atoms with E-state index < -0.39 is 17.9 Å². The average molecular weight is 365 g/mol. The van der Waals surface area contributed by atoms with Gasteiger partial charge in [0.05, 0.1) is 13.0 Å². The summed E-state index contributed by atoms with van der Waals surface area (Å²) in [7, 11) is 1.32. The summed E-state index contributed by atoms with van der Waals surface area (Å²) in [6.07, 6.45) is 2.10. The van der Waals surface area contributed by atoms with Crippen LogP contribution in [0.15, 0.2) is 0 Å². The highest BCUT2D eigenvalue weighted by Crippen LogP contribution is 2.27. The maximum absolute atomic E-state index is 11.7. The monoisotopic (exact) mass is 364 g/mol. The minimum Gasteiger partial charge on any atom is -0.480 e. The number of halogens is 1. The molecule has 1 saturated heterocycles. The predicted molar refractivity (Wildman–Crippen MR) is 92.0 cm³/mol. The molecule has 0 aromatic rings. The van der Waals surface area contributed by atoms with Crippen LogP contribution in [0.2, 0.25) is 0 Å². The molecule has 24 heavy (non-hydrogen) atoms. The smallest absolute Gasteiger partial charge is 0.320 e. The van der Waals surface area contributed by atoms with Crippen molar-refractivity contribution in [1.82, 2.24) is 10.2 Å². The predicted octanol–water partition coefficient (Wildman–Crippen LogP) is 1.30. The van der Waals surface area contributed by atoms with Gasteiger partial charge in [-0.1, -0.05) is 13.3 Å². The summed E-state index contributed by atoms with van der Waals surface area (Å²) in [6, 6.07) is -0.720. The second-order valence-electron chi connectivity index (χ2n) is 6.30. The molecule has 1 aliphatic heterocycles. The first-order chi connectivity index (χ1) is 10.8. The number of rotatable bonds is 8. The van der Waals surface area contributed by atoms with E-state index in [1.807, 2.05) is 11.8 Å². The minimum absolute atomic E-state index is 0. The second-order valence-corrected chi connectivity index (χ2v) is 6.30. The largest absolute Gasteiger partial charge is 0.480 e. The molecule has 0 aliphatic carbocycles. The molecule has 0 spiro atoms. The van der Waals surface area contributed by atoms with Gasteiger partial charge in [0, 0.05) is 26.1 Å². The minimum atomic E-state index is -0.918. The van der Waals surface area contributed by atoms with E-state index in [2.05, 4.69) is 12.2 Å². The van der Waals surface area contributed by atoms with Crippen molar-refractivity contribution in [3.63, 3.8) is 0 Å². The fourth-order valence-electron chi connectivity index (χ4n) is 3.31. The number of aliphatic carboxylic acids is 1. The number of methoxy groups -OCH3 is 1. The Morgan fingerprint density at radius 2 is 2.00 bits per heavy atom. The first kappa shape index (κ1) is 22.7. The van der Waals surface area contributed by atoms with Crippen molar-refractivity contribution < 1.29 is 24.2 Å². The number of likely N-dealkylation sites (tertiary alicyclic amines) is 1. The van der Waals surface area contributed by atoms with Crippen molar-refractivity contribution >= 4 is 30.3 Å². The van der Waals surface area contributed by atoms with E-state index in [-0.39, 0.29) is 42.7 Å². The standard InChI is InChI=1S/C16H28N2O5.ClH/c1-5-6-12(10(2)17-11(3)19)8-18-9-13(16(22)23-4)7-14(18)15(20)21;/h10,12-14H,5-9H2,1-4H3,(H,17,19)(H,20,21);1H/t10?,12-,13?,14?;/m0./s1. The van der Waals surface area contributed by atoms with Gasteiger partial charge in [-0.25, -0.2) is 0 Å². The van der Waals surface area contributed by atoms with Crippen LogP contribution in [0.4, 0.5) is 0 Å². The van der Waals surface area contributed by atoms with Crippen molar-refractivity contribution in [3.05, 3.63) is 0 Å². The summed E-state index contributed by atoms with van der Waals surface area (Å²) in [5.74, 6) is -1.64. The number of hydrogen-bond donors (Lipinski definition) is 2. The first-order valence-corrected chi connectivity index (χ1v) is 8.11. The molecule has 2 N–H and O–H groups in total. The van der Waals surface area contributed by atoms with Gasteiger partial charge < -0.3 is 15.2 Å². The quantitative estimate of drug-likeness (QED) is 0.630. The first-order valence-electron chi connectivity index (χ1n) is 8.11. The Morgan fingerprint density at radius 3 is 2.46 bits per heavy atom. The van der Waals surface area contributed by atoms with Gasteiger partial charge in [0.1, 0.15) is 6.04 Å². The maximum Gasteiger partial charge on any atom is 0.320 e. The number of carboxylic acid groups (broad SMARTS) is 1. The lowest BCUT2D eigenvalue weighted by Gasteiger charge is -2.30.